The van der Waals surface area contributed by atoms with E-state index in [0.29, 0.717) is 32.5 Å². The van der Waals surface area contributed by atoms with Crippen LogP contribution in [-0.4, -0.2) is 92.3 Å². The van der Waals surface area contributed by atoms with Gasteiger partial charge < -0.3 is 26.3 Å². The molecule has 10 nitrogen and oxygen atoms in total. The van der Waals surface area contributed by atoms with Crippen molar-refractivity contribution >= 4 is 11.8 Å². The summed E-state index contributed by atoms with van der Waals surface area (Å²) in [4.78, 5) is 35.9. The van der Waals surface area contributed by atoms with Crippen LogP contribution in [0.1, 0.15) is 55.5 Å². The first-order chi connectivity index (χ1) is 21.6. The molecule has 1 aromatic heterocycles. The van der Waals surface area contributed by atoms with Crippen LogP contribution in [0.4, 0.5) is 0 Å². The molecule has 1 aliphatic carbocycles. The second kappa shape index (κ2) is 15.8. The van der Waals surface area contributed by atoms with Crippen molar-refractivity contribution in [3.8, 4) is 0 Å². The zero-order valence-corrected chi connectivity index (χ0v) is 27.1. The number of benzene rings is 2. The fraction of sp³-hybridized carbons (Fsp3) is 0.472. The molecule has 5 unspecified atom stereocenters. The summed E-state index contributed by atoms with van der Waals surface area (Å²) in [6.45, 7) is 8.74. The number of hydrogen-bond acceptors (Lipinski definition) is 7. The van der Waals surface area contributed by atoms with Crippen molar-refractivity contribution in [2.24, 2.45) is 5.92 Å². The molecule has 2 aromatic carbocycles. The van der Waals surface area contributed by atoms with Crippen LogP contribution in [0.25, 0.3) is 0 Å². The molecule has 2 heterocycles. The van der Waals surface area contributed by atoms with Crippen molar-refractivity contribution in [2.45, 2.75) is 76.4 Å². The van der Waals surface area contributed by atoms with Gasteiger partial charge in [0.2, 0.25) is 11.8 Å². The number of fused-ring (bicyclic) bond motifs is 1. The average Bonchev–Trinajstić information content (AvgIpc) is 3.32. The monoisotopic (exact) mass is 631 g/mol. The third-order valence-corrected chi connectivity index (χ3v) is 8.70. The van der Waals surface area contributed by atoms with Crippen molar-refractivity contribution in [3.05, 3.63) is 101 Å². The van der Waals surface area contributed by atoms with Gasteiger partial charge in [0, 0.05) is 63.0 Å². The topological polar surface area (TPSA) is 150 Å². The Morgan fingerprint density at radius 1 is 1.00 bits per heavy atom. The molecular weight excluding hydrogens is 582 g/mol. The quantitative estimate of drug-likeness (QED) is 0.253. The van der Waals surface area contributed by atoms with Gasteiger partial charge >= 0.3 is 0 Å². The minimum absolute atomic E-state index is 0. The molecule has 5 atom stereocenters. The number of aliphatic hydroxyl groups excluding tert-OH is 2. The van der Waals surface area contributed by atoms with E-state index in [9.17, 15) is 19.8 Å². The molecule has 0 spiro atoms. The molecule has 248 valence electrons. The van der Waals surface area contributed by atoms with Crippen LogP contribution >= 0.6 is 0 Å². The predicted molar refractivity (Wildman–Crippen MR) is 178 cm³/mol. The van der Waals surface area contributed by atoms with Crippen molar-refractivity contribution < 1.29 is 25.3 Å². The Labute approximate surface area is 272 Å². The largest absolute Gasteiger partial charge is 0.412 e. The Kier molecular flexibility index (Phi) is 12.0. The number of aromatic nitrogens is 1. The van der Waals surface area contributed by atoms with Gasteiger partial charge in [0.15, 0.2) is 0 Å². The Morgan fingerprint density at radius 2 is 1.72 bits per heavy atom. The maximum atomic E-state index is 13.8. The van der Waals surface area contributed by atoms with E-state index in [4.69, 9.17) is 0 Å². The van der Waals surface area contributed by atoms with E-state index in [2.05, 4.69) is 25.4 Å². The summed E-state index contributed by atoms with van der Waals surface area (Å²) in [7, 11) is 0. The van der Waals surface area contributed by atoms with E-state index in [1.165, 1.54) is 0 Å². The van der Waals surface area contributed by atoms with Crippen LogP contribution in [0.2, 0.25) is 0 Å². The van der Waals surface area contributed by atoms with Crippen molar-refractivity contribution in [2.75, 3.05) is 26.2 Å². The maximum absolute atomic E-state index is 13.8. The highest BCUT2D eigenvalue weighted by Gasteiger charge is 2.37. The minimum Gasteiger partial charge on any atom is -0.412 e. The van der Waals surface area contributed by atoms with Crippen LogP contribution in [0.5, 0.6) is 0 Å². The normalized spacial score (nSPS) is 21.5. The van der Waals surface area contributed by atoms with Crippen LogP contribution in [-0.2, 0) is 29.0 Å². The second-order valence-electron chi connectivity index (χ2n) is 13.6. The van der Waals surface area contributed by atoms with Gasteiger partial charge in [0.1, 0.15) is 6.04 Å². The Balaban J connectivity index is 0.00000480. The highest BCUT2D eigenvalue weighted by Crippen LogP contribution is 2.32. The third-order valence-electron chi connectivity index (χ3n) is 8.70. The summed E-state index contributed by atoms with van der Waals surface area (Å²) in [5.41, 5.74) is 3.68. The van der Waals surface area contributed by atoms with E-state index in [-0.39, 0.29) is 30.3 Å². The SMILES string of the molecule is CC(C)(C)NC(=O)C1CN(Cc2cccnc2)CCN1CC(O)CC(Cc1ccccc1)C(=O)NC1c2ccccc2CC1O.O. The molecule has 3 aromatic rings. The molecule has 1 fully saturated rings. The lowest BCUT2D eigenvalue weighted by atomic mass is 9.91. The lowest BCUT2D eigenvalue weighted by molar-refractivity contribution is -0.132. The average molecular weight is 632 g/mol. The molecule has 2 amide bonds. The number of amides is 2. The van der Waals surface area contributed by atoms with Crippen LogP contribution in [0.15, 0.2) is 79.1 Å². The smallest absolute Gasteiger partial charge is 0.239 e. The van der Waals surface area contributed by atoms with E-state index in [1.807, 2.05) is 93.7 Å². The van der Waals surface area contributed by atoms with E-state index >= 15 is 0 Å². The zero-order valence-electron chi connectivity index (χ0n) is 27.1. The molecule has 0 bridgehead atoms. The summed E-state index contributed by atoms with van der Waals surface area (Å²) < 4.78 is 0. The van der Waals surface area contributed by atoms with Crippen LogP contribution in [0.3, 0.4) is 0 Å². The van der Waals surface area contributed by atoms with Gasteiger partial charge in [-0.25, -0.2) is 0 Å². The molecular formula is C36H49N5O5. The number of hydrogen-bond donors (Lipinski definition) is 4. The molecule has 6 N–H and O–H groups in total. The summed E-state index contributed by atoms with van der Waals surface area (Å²) in [5, 5.41) is 28.5. The molecule has 5 rings (SSSR count). The van der Waals surface area contributed by atoms with Gasteiger partial charge in [-0.1, -0.05) is 60.7 Å². The zero-order chi connectivity index (χ0) is 32.0. The molecule has 2 aliphatic rings. The highest BCUT2D eigenvalue weighted by atomic mass is 16.3. The first-order valence-corrected chi connectivity index (χ1v) is 16.0. The first kappa shape index (κ1) is 35.2. The molecule has 1 saturated heterocycles. The number of pyridine rings is 1. The van der Waals surface area contributed by atoms with Gasteiger partial charge in [-0.05, 0) is 61.9 Å². The van der Waals surface area contributed by atoms with Gasteiger partial charge in [-0.2, -0.15) is 0 Å². The number of carbonyl (C=O) groups is 2. The lowest BCUT2D eigenvalue weighted by Gasteiger charge is -2.42. The molecule has 46 heavy (non-hydrogen) atoms. The van der Waals surface area contributed by atoms with Crippen LogP contribution in [0, 0.1) is 5.92 Å². The number of aliphatic hydroxyl groups is 2. The van der Waals surface area contributed by atoms with Crippen molar-refractivity contribution in [1.82, 2.24) is 25.4 Å². The maximum Gasteiger partial charge on any atom is 0.239 e. The van der Waals surface area contributed by atoms with Gasteiger partial charge in [-0.15, -0.1) is 0 Å². The minimum atomic E-state index is -0.833. The van der Waals surface area contributed by atoms with E-state index in [1.54, 1.807) is 6.20 Å². The van der Waals surface area contributed by atoms with E-state index in [0.717, 1.165) is 28.8 Å². The standard InChI is InChI=1S/C36H47N5O4.H2O/c1-36(2,3)39-35(45)31-24-40(22-26-12-9-15-37-21-26)16-17-41(31)23-29(42)19-28(18-25-10-5-4-6-11-25)34(44)38-33-30-14-8-7-13-27(30)20-32(33)43;/h4-15,21,28-29,31-33,42-43H,16-20,22-24H2,1-3H3,(H,38,44)(H,39,45);1H2. The lowest BCUT2D eigenvalue weighted by Crippen LogP contribution is -2.61. The number of β-amino-alcohol motifs (C(OH)–C–C–N with tert-alkyl or cyclic N) is 1. The van der Waals surface area contributed by atoms with Gasteiger partial charge in [-0.3, -0.25) is 24.4 Å². The summed E-state index contributed by atoms with van der Waals surface area (Å²) in [5.74, 6) is -0.781. The number of piperazine rings is 1. The number of carbonyl (C=O) groups excluding carboxylic acids is 2. The number of nitrogens with zero attached hydrogens (tertiary/aromatic N) is 3. The molecule has 0 radical (unpaired) electrons. The van der Waals surface area contributed by atoms with Crippen molar-refractivity contribution in [3.63, 3.8) is 0 Å². The fourth-order valence-corrected chi connectivity index (χ4v) is 6.56. The number of nitrogens with one attached hydrogen (secondary N) is 2. The van der Waals surface area contributed by atoms with Crippen molar-refractivity contribution in [1.29, 1.82) is 0 Å². The number of rotatable bonds is 11. The Hall–Kier alpha value is -3.67. The third kappa shape index (κ3) is 9.43. The molecule has 10 heteroatoms. The summed E-state index contributed by atoms with van der Waals surface area (Å²) >= 11 is 0. The van der Waals surface area contributed by atoms with Crippen LogP contribution < -0.4 is 10.6 Å². The second-order valence-corrected chi connectivity index (χ2v) is 13.6. The Bertz CT molecular complexity index is 1420. The first-order valence-electron chi connectivity index (χ1n) is 16.0. The van der Waals surface area contributed by atoms with Gasteiger partial charge in [0.25, 0.3) is 0 Å². The highest BCUT2D eigenvalue weighted by molar-refractivity contribution is 5.83. The fourth-order valence-electron chi connectivity index (χ4n) is 6.56. The molecule has 0 saturated carbocycles. The Morgan fingerprint density at radius 3 is 2.43 bits per heavy atom. The van der Waals surface area contributed by atoms with Gasteiger partial charge in [0.05, 0.1) is 18.2 Å². The summed E-state index contributed by atoms with van der Waals surface area (Å²) in [6.07, 6.45) is 3.26. The molecule has 1 aliphatic heterocycles. The predicted octanol–water partition coefficient (Wildman–Crippen LogP) is 2.04. The van der Waals surface area contributed by atoms with E-state index < -0.39 is 35.7 Å². The summed E-state index contributed by atoms with van der Waals surface area (Å²) in [6, 6.07) is 20.6.